The van der Waals surface area contributed by atoms with Gasteiger partial charge in [0.2, 0.25) is 0 Å². The van der Waals surface area contributed by atoms with Crippen LogP contribution in [0, 0.1) is 13.8 Å². The fourth-order valence-corrected chi connectivity index (χ4v) is 6.51. The van der Waals surface area contributed by atoms with Gasteiger partial charge in [0.25, 0.3) is 0 Å². The molecule has 0 spiro atoms. The molecule has 0 aromatic heterocycles. The van der Waals surface area contributed by atoms with Crippen LogP contribution < -0.4 is 11.5 Å². The van der Waals surface area contributed by atoms with Crippen LogP contribution in [0.4, 0.5) is 11.4 Å². The third-order valence-electron chi connectivity index (χ3n) is 8.54. The maximum Gasteiger partial charge on any atom is 0.0340 e. The van der Waals surface area contributed by atoms with Crippen LogP contribution in [0.25, 0.3) is 66.8 Å². The Bertz CT molecular complexity index is 1980. The summed E-state index contributed by atoms with van der Waals surface area (Å²) in [6.45, 7) is 4.32. The van der Waals surface area contributed by atoms with E-state index in [1.54, 1.807) is 6.07 Å². The fourth-order valence-electron chi connectivity index (χ4n) is 6.51. The molecule has 0 radical (unpaired) electrons. The Morgan fingerprint density at radius 2 is 0.652 bits per heavy atom. The van der Waals surface area contributed by atoms with Crippen LogP contribution in [0.1, 0.15) is 11.1 Å². The van der Waals surface area contributed by atoms with Crippen molar-refractivity contribution in [3.63, 3.8) is 0 Å². The highest BCUT2D eigenvalue weighted by molar-refractivity contribution is 5.96. The molecule has 0 heterocycles. The number of hydrogen-bond acceptors (Lipinski definition) is 2. The van der Waals surface area contributed by atoms with Crippen molar-refractivity contribution < 1.29 is 0 Å². The molecular formula is C44H36N2. The Kier molecular flexibility index (Phi) is 7.70. The summed E-state index contributed by atoms with van der Waals surface area (Å²) in [4.78, 5) is 0. The van der Waals surface area contributed by atoms with E-state index in [0.717, 1.165) is 22.3 Å². The molecule has 0 saturated carbocycles. The predicted octanol–water partition coefficient (Wildman–Crippen LogP) is 11.5. The van der Waals surface area contributed by atoms with Crippen LogP contribution in [0.5, 0.6) is 0 Å². The highest BCUT2D eigenvalue weighted by atomic mass is 14.6. The molecule has 222 valence electrons. The average Bonchev–Trinajstić information content (AvgIpc) is 3.08. The lowest BCUT2D eigenvalue weighted by Gasteiger charge is -2.19. The molecule has 7 rings (SSSR count). The molecule has 7 aromatic rings. The van der Waals surface area contributed by atoms with Crippen LogP contribution in [0.2, 0.25) is 0 Å². The summed E-state index contributed by atoms with van der Waals surface area (Å²) >= 11 is 0. The normalized spacial score (nSPS) is 11.0. The summed E-state index contributed by atoms with van der Waals surface area (Å²) in [5.74, 6) is 0. The third-order valence-corrected chi connectivity index (χ3v) is 8.54. The summed E-state index contributed by atoms with van der Waals surface area (Å²) < 4.78 is 0. The predicted molar refractivity (Wildman–Crippen MR) is 197 cm³/mol. The SMILES string of the molecule is Cc1cc(C)cc(-c2cccc(-c3cc(-c4ccccc4)c(-c4cccc(-c5cc(N)cc(N)c5)c4)cc3-c3ccccc3)c2)c1. The van der Waals surface area contributed by atoms with Gasteiger partial charge in [-0.2, -0.15) is 0 Å². The highest BCUT2D eigenvalue weighted by Gasteiger charge is 2.17. The first-order chi connectivity index (χ1) is 22.4. The summed E-state index contributed by atoms with van der Waals surface area (Å²) in [7, 11) is 0. The standard InChI is InChI=1S/C44H36N2/c1-29-19-30(2)21-37(20-29)33-15-9-17-35(22-33)43-27-42(32-13-7-4-8-14-32)44(28-41(43)31-11-5-3-6-12-31)36-18-10-16-34(23-36)38-24-39(45)26-40(46)25-38/h3-28H,45-46H2,1-2H3. The molecule has 2 nitrogen and oxygen atoms in total. The number of benzene rings is 7. The molecule has 46 heavy (non-hydrogen) atoms. The Hall–Kier alpha value is -5.86. The van der Waals surface area contributed by atoms with Crippen molar-refractivity contribution in [2.75, 3.05) is 11.5 Å². The van der Waals surface area contributed by atoms with E-state index in [4.69, 9.17) is 11.5 Å². The Morgan fingerprint density at radius 1 is 0.283 bits per heavy atom. The van der Waals surface area contributed by atoms with Crippen molar-refractivity contribution >= 4 is 11.4 Å². The quantitative estimate of drug-likeness (QED) is 0.189. The van der Waals surface area contributed by atoms with Crippen LogP contribution >= 0.6 is 0 Å². The molecule has 0 aliphatic heterocycles. The second kappa shape index (κ2) is 12.3. The van der Waals surface area contributed by atoms with Crippen LogP contribution in [-0.2, 0) is 0 Å². The number of aryl methyl sites for hydroxylation is 2. The van der Waals surface area contributed by atoms with Gasteiger partial charge in [0.05, 0.1) is 0 Å². The Labute approximate surface area is 271 Å². The summed E-state index contributed by atoms with van der Waals surface area (Å²) in [6.07, 6.45) is 0. The lowest BCUT2D eigenvalue weighted by Crippen LogP contribution is -1.94. The minimum atomic E-state index is 0.657. The lowest BCUT2D eigenvalue weighted by atomic mass is 9.84. The molecule has 0 fully saturated rings. The van der Waals surface area contributed by atoms with Crippen molar-refractivity contribution in [1.29, 1.82) is 0 Å². The molecule has 4 N–H and O–H groups in total. The van der Waals surface area contributed by atoms with Gasteiger partial charge in [-0.1, -0.05) is 126 Å². The van der Waals surface area contributed by atoms with E-state index < -0.39 is 0 Å². The van der Waals surface area contributed by atoms with Gasteiger partial charge in [-0.3, -0.25) is 0 Å². The molecule has 0 aliphatic carbocycles. The minimum absolute atomic E-state index is 0.657. The van der Waals surface area contributed by atoms with Gasteiger partial charge >= 0.3 is 0 Å². The third kappa shape index (κ3) is 5.94. The zero-order valence-electron chi connectivity index (χ0n) is 26.2. The smallest absolute Gasteiger partial charge is 0.0340 e. The van der Waals surface area contributed by atoms with Crippen LogP contribution in [0.15, 0.2) is 158 Å². The summed E-state index contributed by atoms with van der Waals surface area (Å²) in [5.41, 5.74) is 30.1. The molecule has 0 unspecified atom stereocenters. The molecule has 0 bridgehead atoms. The second-order valence-electron chi connectivity index (χ2n) is 12.1. The largest absolute Gasteiger partial charge is 0.399 e. The van der Waals surface area contributed by atoms with Crippen LogP contribution in [0.3, 0.4) is 0 Å². The summed E-state index contributed by atoms with van der Waals surface area (Å²) in [6, 6.07) is 56.2. The van der Waals surface area contributed by atoms with Crippen molar-refractivity contribution in [1.82, 2.24) is 0 Å². The van der Waals surface area contributed by atoms with Crippen molar-refractivity contribution in [3.05, 3.63) is 169 Å². The number of anilines is 2. The monoisotopic (exact) mass is 592 g/mol. The van der Waals surface area contributed by atoms with Gasteiger partial charge < -0.3 is 11.5 Å². The van der Waals surface area contributed by atoms with Gasteiger partial charge in [-0.25, -0.2) is 0 Å². The fraction of sp³-hybridized carbons (Fsp3) is 0.0455. The van der Waals surface area contributed by atoms with Gasteiger partial charge in [-0.05, 0) is 123 Å². The van der Waals surface area contributed by atoms with Gasteiger partial charge in [-0.15, -0.1) is 0 Å². The molecule has 0 amide bonds. The first-order valence-corrected chi connectivity index (χ1v) is 15.7. The maximum absolute atomic E-state index is 6.18. The van der Waals surface area contributed by atoms with Crippen molar-refractivity contribution in [2.45, 2.75) is 13.8 Å². The highest BCUT2D eigenvalue weighted by Crippen LogP contribution is 2.43. The maximum atomic E-state index is 6.18. The van der Waals surface area contributed by atoms with Gasteiger partial charge in [0, 0.05) is 11.4 Å². The van der Waals surface area contributed by atoms with E-state index >= 15 is 0 Å². The summed E-state index contributed by atoms with van der Waals surface area (Å²) in [5, 5.41) is 0. The number of rotatable bonds is 6. The molecule has 0 atom stereocenters. The number of nitrogen functional groups attached to an aromatic ring is 2. The topological polar surface area (TPSA) is 52.0 Å². The molecule has 7 aromatic carbocycles. The van der Waals surface area contributed by atoms with Gasteiger partial charge in [0.15, 0.2) is 0 Å². The number of nitrogens with two attached hydrogens (primary N) is 2. The minimum Gasteiger partial charge on any atom is -0.399 e. The molecule has 2 heteroatoms. The van der Waals surface area contributed by atoms with E-state index in [1.807, 2.05) is 12.1 Å². The zero-order chi connectivity index (χ0) is 31.6. The Balaban J connectivity index is 1.47. The zero-order valence-corrected chi connectivity index (χ0v) is 26.2. The first-order valence-electron chi connectivity index (χ1n) is 15.7. The Morgan fingerprint density at radius 3 is 1.11 bits per heavy atom. The second-order valence-corrected chi connectivity index (χ2v) is 12.1. The van der Waals surface area contributed by atoms with E-state index in [1.165, 1.54) is 55.6 Å². The average molecular weight is 593 g/mol. The number of hydrogen-bond donors (Lipinski definition) is 2. The van der Waals surface area contributed by atoms with Crippen molar-refractivity contribution in [2.24, 2.45) is 0 Å². The van der Waals surface area contributed by atoms with Gasteiger partial charge in [0.1, 0.15) is 0 Å². The molecule has 0 saturated heterocycles. The van der Waals surface area contributed by atoms with E-state index in [2.05, 4.69) is 153 Å². The van der Waals surface area contributed by atoms with E-state index in [0.29, 0.717) is 11.4 Å². The molecule has 0 aliphatic rings. The van der Waals surface area contributed by atoms with Crippen molar-refractivity contribution in [3.8, 4) is 66.8 Å². The van der Waals surface area contributed by atoms with E-state index in [-0.39, 0.29) is 0 Å². The van der Waals surface area contributed by atoms with Crippen LogP contribution in [-0.4, -0.2) is 0 Å². The van der Waals surface area contributed by atoms with E-state index in [9.17, 15) is 0 Å². The first kappa shape index (κ1) is 28.9. The molecular weight excluding hydrogens is 556 g/mol. The lowest BCUT2D eigenvalue weighted by molar-refractivity contribution is 1.38.